The second kappa shape index (κ2) is 8.07. The summed E-state index contributed by atoms with van der Waals surface area (Å²) < 4.78 is 0. The van der Waals surface area contributed by atoms with Crippen LogP contribution in [0.5, 0.6) is 0 Å². The van der Waals surface area contributed by atoms with Crippen molar-refractivity contribution in [1.29, 1.82) is 0 Å². The number of nitrogens with zero attached hydrogens (tertiary/aromatic N) is 2. The van der Waals surface area contributed by atoms with Crippen LogP contribution in [-0.2, 0) is 4.79 Å². The maximum absolute atomic E-state index is 12.9. The van der Waals surface area contributed by atoms with E-state index in [4.69, 9.17) is 0 Å². The summed E-state index contributed by atoms with van der Waals surface area (Å²) in [6.07, 6.45) is 6.86. The first-order chi connectivity index (χ1) is 14.0. The normalized spacial score (nSPS) is 18.7. The van der Waals surface area contributed by atoms with Gasteiger partial charge in [0.2, 0.25) is 5.91 Å². The Hall–Kier alpha value is -3.15. The Morgan fingerprint density at radius 2 is 2.00 bits per heavy atom. The second-order valence-corrected chi connectivity index (χ2v) is 7.71. The molecule has 6 heteroatoms. The van der Waals surface area contributed by atoms with Crippen LogP contribution >= 0.6 is 0 Å². The Morgan fingerprint density at radius 1 is 1.21 bits per heavy atom. The second-order valence-electron chi connectivity index (χ2n) is 7.71. The molecule has 150 valence electrons. The van der Waals surface area contributed by atoms with Crippen molar-refractivity contribution in [2.75, 3.05) is 7.05 Å². The summed E-state index contributed by atoms with van der Waals surface area (Å²) in [5, 5.41) is 4.15. The molecule has 6 nitrogen and oxygen atoms in total. The molecule has 0 radical (unpaired) electrons. The molecule has 0 saturated heterocycles. The molecule has 2 heterocycles. The lowest BCUT2D eigenvalue weighted by Gasteiger charge is -2.25. The summed E-state index contributed by atoms with van der Waals surface area (Å²) in [7, 11) is 1.85. The smallest absolute Gasteiger partial charge is 0.253 e. The summed E-state index contributed by atoms with van der Waals surface area (Å²) in [5.74, 6) is 0.0877. The zero-order chi connectivity index (χ0) is 20.4. The van der Waals surface area contributed by atoms with Crippen LogP contribution in [0.1, 0.15) is 43.0 Å². The summed E-state index contributed by atoms with van der Waals surface area (Å²) in [4.78, 5) is 34.0. The third-order valence-electron chi connectivity index (χ3n) is 5.82. The first kappa shape index (κ1) is 19.2. The number of aromatic amines is 1. The lowest BCUT2D eigenvalue weighted by Crippen LogP contribution is -2.38. The molecule has 2 atom stereocenters. The van der Waals surface area contributed by atoms with Gasteiger partial charge in [0, 0.05) is 48.3 Å². The number of carbonyl (C=O) groups is 2. The van der Waals surface area contributed by atoms with Gasteiger partial charge in [0.1, 0.15) is 0 Å². The number of aromatic nitrogens is 2. The zero-order valence-corrected chi connectivity index (χ0v) is 16.8. The molecule has 0 aliphatic heterocycles. The Balaban J connectivity index is 1.43. The van der Waals surface area contributed by atoms with Crippen LogP contribution in [0, 0.1) is 0 Å². The average Bonchev–Trinajstić information content (AvgIpc) is 3.41. The lowest BCUT2D eigenvalue weighted by molar-refractivity contribution is -0.121. The van der Waals surface area contributed by atoms with Crippen LogP contribution in [-0.4, -0.2) is 45.8 Å². The SMILES string of the molecule is CCC(=O)NC1CCC(N(C)C(=O)c2ccc(-c3cc4cc[nH]c4cn3)cc2)C1. The van der Waals surface area contributed by atoms with Crippen molar-refractivity contribution in [2.24, 2.45) is 0 Å². The number of carbonyl (C=O) groups excluding carboxylic acids is 2. The van der Waals surface area contributed by atoms with Crippen LogP contribution in [0.2, 0.25) is 0 Å². The van der Waals surface area contributed by atoms with E-state index < -0.39 is 0 Å². The summed E-state index contributed by atoms with van der Waals surface area (Å²) in [6, 6.07) is 12.0. The molecule has 2 unspecified atom stereocenters. The lowest BCUT2D eigenvalue weighted by atomic mass is 10.1. The van der Waals surface area contributed by atoms with Gasteiger partial charge >= 0.3 is 0 Å². The molecule has 1 aliphatic rings. The predicted octanol–water partition coefficient (Wildman–Crippen LogP) is 3.75. The monoisotopic (exact) mass is 390 g/mol. The number of rotatable bonds is 5. The number of pyridine rings is 1. The quantitative estimate of drug-likeness (QED) is 0.696. The minimum Gasteiger partial charge on any atom is -0.360 e. The maximum Gasteiger partial charge on any atom is 0.253 e. The fraction of sp³-hybridized carbons (Fsp3) is 0.348. The van der Waals surface area contributed by atoms with E-state index in [0.29, 0.717) is 12.0 Å². The maximum atomic E-state index is 12.9. The number of hydrogen-bond donors (Lipinski definition) is 2. The van der Waals surface area contributed by atoms with Gasteiger partial charge in [-0.1, -0.05) is 19.1 Å². The van der Waals surface area contributed by atoms with Gasteiger partial charge in [0.25, 0.3) is 5.91 Å². The van der Waals surface area contributed by atoms with E-state index in [1.807, 2.05) is 67.7 Å². The highest BCUT2D eigenvalue weighted by molar-refractivity contribution is 5.95. The van der Waals surface area contributed by atoms with E-state index >= 15 is 0 Å². The highest BCUT2D eigenvalue weighted by Gasteiger charge is 2.30. The number of benzene rings is 1. The zero-order valence-electron chi connectivity index (χ0n) is 16.8. The molecular formula is C23H26N4O2. The van der Waals surface area contributed by atoms with Crippen LogP contribution in [0.15, 0.2) is 48.8 Å². The molecule has 1 fully saturated rings. The Morgan fingerprint density at radius 3 is 2.76 bits per heavy atom. The van der Waals surface area contributed by atoms with Gasteiger partial charge in [-0.05, 0) is 43.5 Å². The van der Waals surface area contributed by atoms with E-state index in [9.17, 15) is 9.59 Å². The van der Waals surface area contributed by atoms with Gasteiger partial charge in [-0.2, -0.15) is 0 Å². The van der Waals surface area contributed by atoms with Crippen LogP contribution < -0.4 is 5.32 Å². The first-order valence-corrected chi connectivity index (χ1v) is 10.1. The fourth-order valence-corrected chi connectivity index (χ4v) is 4.03. The fourth-order valence-electron chi connectivity index (χ4n) is 4.03. The van der Waals surface area contributed by atoms with Gasteiger partial charge in [0.15, 0.2) is 0 Å². The molecule has 1 saturated carbocycles. The van der Waals surface area contributed by atoms with E-state index in [0.717, 1.165) is 41.4 Å². The number of H-pyrrole nitrogens is 1. The Labute approximate surface area is 170 Å². The van der Waals surface area contributed by atoms with Gasteiger partial charge in [0.05, 0.1) is 17.4 Å². The molecule has 29 heavy (non-hydrogen) atoms. The number of amides is 2. The highest BCUT2D eigenvalue weighted by Crippen LogP contribution is 2.26. The topological polar surface area (TPSA) is 78.1 Å². The van der Waals surface area contributed by atoms with Crippen molar-refractivity contribution < 1.29 is 9.59 Å². The van der Waals surface area contributed by atoms with Crippen molar-refractivity contribution >= 4 is 22.7 Å². The van der Waals surface area contributed by atoms with Gasteiger partial charge in [-0.15, -0.1) is 0 Å². The third-order valence-corrected chi connectivity index (χ3v) is 5.82. The van der Waals surface area contributed by atoms with E-state index in [-0.39, 0.29) is 23.9 Å². The standard InChI is InChI=1S/C23H26N4O2/c1-3-22(28)26-18-8-9-19(13-18)27(2)23(29)16-6-4-15(5-7-16)20-12-17-10-11-24-21(17)14-25-20/h4-7,10-12,14,18-19,24H,3,8-9,13H2,1-2H3,(H,26,28). The van der Waals surface area contributed by atoms with Crippen molar-refractivity contribution in [2.45, 2.75) is 44.7 Å². The molecule has 1 aliphatic carbocycles. The van der Waals surface area contributed by atoms with Crippen LogP contribution in [0.25, 0.3) is 22.2 Å². The summed E-state index contributed by atoms with van der Waals surface area (Å²) >= 11 is 0. The average molecular weight is 390 g/mol. The Bertz CT molecular complexity index is 1020. The van der Waals surface area contributed by atoms with Crippen LogP contribution in [0.3, 0.4) is 0 Å². The van der Waals surface area contributed by atoms with E-state index in [1.54, 1.807) is 0 Å². The van der Waals surface area contributed by atoms with Crippen LogP contribution in [0.4, 0.5) is 0 Å². The summed E-state index contributed by atoms with van der Waals surface area (Å²) in [5.41, 5.74) is 3.54. The van der Waals surface area contributed by atoms with Crippen molar-refractivity contribution in [3.05, 3.63) is 54.4 Å². The minimum absolute atomic E-state index is 0.0121. The molecule has 4 rings (SSSR count). The molecule has 2 aromatic heterocycles. The third kappa shape index (κ3) is 4.01. The molecule has 0 bridgehead atoms. The molecular weight excluding hydrogens is 364 g/mol. The number of hydrogen-bond acceptors (Lipinski definition) is 3. The molecule has 0 spiro atoms. The summed E-state index contributed by atoms with van der Waals surface area (Å²) in [6.45, 7) is 1.85. The van der Waals surface area contributed by atoms with Gasteiger partial charge < -0.3 is 15.2 Å². The largest absolute Gasteiger partial charge is 0.360 e. The number of fused-ring (bicyclic) bond motifs is 1. The van der Waals surface area contributed by atoms with Gasteiger partial charge in [-0.25, -0.2) is 0 Å². The highest BCUT2D eigenvalue weighted by atomic mass is 16.2. The van der Waals surface area contributed by atoms with Crippen molar-refractivity contribution in [1.82, 2.24) is 20.2 Å². The first-order valence-electron chi connectivity index (χ1n) is 10.1. The minimum atomic E-state index is 0.0121. The van der Waals surface area contributed by atoms with Crippen molar-refractivity contribution in [3.8, 4) is 11.3 Å². The van der Waals surface area contributed by atoms with Gasteiger partial charge in [-0.3, -0.25) is 14.6 Å². The molecule has 3 aromatic rings. The molecule has 1 aromatic carbocycles. The Kier molecular flexibility index (Phi) is 5.34. The molecule has 2 amide bonds. The van der Waals surface area contributed by atoms with E-state index in [2.05, 4.69) is 15.3 Å². The van der Waals surface area contributed by atoms with Crippen molar-refractivity contribution in [3.63, 3.8) is 0 Å². The van der Waals surface area contributed by atoms with E-state index in [1.165, 1.54) is 0 Å². The molecule has 2 N–H and O–H groups in total. The number of nitrogens with one attached hydrogen (secondary N) is 2. The predicted molar refractivity (Wildman–Crippen MR) is 113 cm³/mol.